The Morgan fingerprint density at radius 1 is 1.20 bits per heavy atom. The van der Waals surface area contributed by atoms with Crippen LogP contribution in [0.3, 0.4) is 0 Å². The van der Waals surface area contributed by atoms with Gasteiger partial charge < -0.3 is 9.47 Å². The van der Waals surface area contributed by atoms with Crippen LogP contribution in [0.5, 0.6) is 0 Å². The van der Waals surface area contributed by atoms with Crippen molar-refractivity contribution in [3.05, 3.63) is 0 Å². The first-order valence-corrected chi connectivity index (χ1v) is 3.83. The summed E-state index contributed by atoms with van der Waals surface area (Å²) in [5.74, 6) is 0.671. The molecule has 1 unspecified atom stereocenters. The third-order valence-corrected chi connectivity index (χ3v) is 1.71. The summed E-state index contributed by atoms with van der Waals surface area (Å²) in [4.78, 5) is 0. The van der Waals surface area contributed by atoms with E-state index in [0.717, 1.165) is 19.6 Å². The zero-order valence-electron chi connectivity index (χ0n) is 7.22. The van der Waals surface area contributed by atoms with Gasteiger partial charge in [-0.2, -0.15) is 0 Å². The summed E-state index contributed by atoms with van der Waals surface area (Å²) < 4.78 is 10.0. The van der Waals surface area contributed by atoms with E-state index in [1.807, 2.05) is 0 Å². The highest BCUT2D eigenvalue weighted by molar-refractivity contribution is 4.54. The van der Waals surface area contributed by atoms with Gasteiger partial charge in [0.2, 0.25) is 0 Å². The molecule has 0 saturated carbocycles. The van der Waals surface area contributed by atoms with Crippen LogP contribution in [0.4, 0.5) is 0 Å². The van der Waals surface area contributed by atoms with E-state index in [-0.39, 0.29) is 0 Å². The second kappa shape index (κ2) is 7.03. The Morgan fingerprint density at radius 3 is 2.30 bits per heavy atom. The van der Waals surface area contributed by atoms with E-state index < -0.39 is 0 Å². The minimum absolute atomic E-state index is 0.671. The van der Waals surface area contributed by atoms with E-state index in [1.54, 1.807) is 14.2 Å². The second-order valence-corrected chi connectivity index (χ2v) is 2.51. The molecule has 0 aliphatic rings. The van der Waals surface area contributed by atoms with Crippen molar-refractivity contribution in [1.29, 1.82) is 0 Å². The van der Waals surface area contributed by atoms with E-state index in [0.29, 0.717) is 5.92 Å². The molecule has 0 aromatic carbocycles. The van der Waals surface area contributed by atoms with E-state index in [1.165, 1.54) is 6.42 Å². The van der Waals surface area contributed by atoms with Crippen molar-refractivity contribution in [2.75, 3.05) is 27.4 Å². The molecule has 2 nitrogen and oxygen atoms in total. The first-order chi connectivity index (χ1) is 4.85. The topological polar surface area (TPSA) is 18.5 Å². The highest BCUT2D eigenvalue weighted by Crippen LogP contribution is 2.07. The first kappa shape index (κ1) is 9.92. The third kappa shape index (κ3) is 4.77. The van der Waals surface area contributed by atoms with Crippen LogP contribution in [0.1, 0.15) is 19.8 Å². The quantitative estimate of drug-likeness (QED) is 0.567. The standard InChI is InChI=1S/C8H18O2/c1-4-8(7-10-3)5-6-9-2/h8H,4-7H2,1-3H3. The number of methoxy groups -OCH3 is 2. The largest absolute Gasteiger partial charge is 0.385 e. The molecule has 0 saturated heterocycles. The van der Waals surface area contributed by atoms with E-state index >= 15 is 0 Å². The Kier molecular flexibility index (Phi) is 6.98. The Labute approximate surface area is 63.5 Å². The van der Waals surface area contributed by atoms with Crippen molar-refractivity contribution in [3.8, 4) is 0 Å². The maximum absolute atomic E-state index is 5.04. The van der Waals surface area contributed by atoms with Gasteiger partial charge in [0.1, 0.15) is 0 Å². The Balaban J connectivity index is 3.21. The summed E-state index contributed by atoms with van der Waals surface area (Å²) in [5, 5.41) is 0. The lowest BCUT2D eigenvalue weighted by Crippen LogP contribution is -2.09. The fourth-order valence-corrected chi connectivity index (χ4v) is 0.926. The monoisotopic (exact) mass is 146 g/mol. The molecule has 62 valence electrons. The molecule has 0 N–H and O–H groups in total. The lowest BCUT2D eigenvalue weighted by molar-refractivity contribution is 0.116. The molecule has 2 heteroatoms. The number of hydrogen-bond donors (Lipinski definition) is 0. The summed E-state index contributed by atoms with van der Waals surface area (Å²) in [6.45, 7) is 3.89. The molecule has 0 aromatic rings. The Hall–Kier alpha value is -0.0800. The van der Waals surface area contributed by atoms with Gasteiger partial charge in [0.15, 0.2) is 0 Å². The zero-order valence-corrected chi connectivity index (χ0v) is 7.22. The predicted octanol–water partition coefficient (Wildman–Crippen LogP) is 1.70. The molecule has 10 heavy (non-hydrogen) atoms. The smallest absolute Gasteiger partial charge is 0.0491 e. The molecule has 0 fully saturated rings. The molecular weight excluding hydrogens is 128 g/mol. The third-order valence-electron chi connectivity index (χ3n) is 1.71. The predicted molar refractivity (Wildman–Crippen MR) is 42.2 cm³/mol. The second-order valence-electron chi connectivity index (χ2n) is 2.51. The molecule has 0 aliphatic heterocycles. The molecular formula is C8H18O2. The van der Waals surface area contributed by atoms with E-state index in [4.69, 9.17) is 9.47 Å². The van der Waals surface area contributed by atoms with Crippen molar-refractivity contribution in [3.63, 3.8) is 0 Å². The molecule has 0 rings (SSSR count). The van der Waals surface area contributed by atoms with Crippen LogP contribution in [0, 0.1) is 5.92 Å². The highest BCUT2D eigenvalue weighted by Gasteiger charge is 2.03. The molecule has 1 atom stereocenters. The summed E-state index contributed by atoms with van der Waals surface area (Å²) >= 11 is 0. The average molecular weight is 146 g/mol. The van der Waals surface area contributed by atoms with Crippen molar-refractivity contribution in [2.45, 2.75) is 19.8 Å². The van der Waals surface area contributed by atoms with Gasteiger partial charge in [-0.05, 0) is 12.3 Å². The Bertz CT molecular complexity index is 64.3. The lowest BCUT2D eigenvalue weighted by Gasteiger charge is -2.11. The van der Waals surface area contributed by atoms with Gasteiger partial charge in [0.05, 0.1) is 0 Å². The molecule has 0 amide bonds. The summed E-state index contributed by atoms with van der Waals surface area (Å²) in [7, 11) is 3.48. The maximum atomic E-state index is 5.04. The van der Waals surface area contributed by atoms with Crippen molar-refractivity contribution in [1.82, 2.24) is 0 Å². The molecule has 0 aliphatic carbocycles. The summed E-state index contributed by atoms with van der Waals surface area (Å²) in [5.41, 5.74) is 0. The first-order valence-electron chi connectivity index (χ1n) is 3.83. The SMILES string of the molecule is CCC(CCOC)COC. The normalized spacial score (nSPS) is 13.5. The van der Waals surface area contributed by atoms with Crippen LogP contribution >= 0.6 is 0 Å². The van der Waals surface area contributed by atoms with Gasteiger partial charge in [-0.25, -0.2) is 0 Å². The summed E-state index contributed by atoms with van der Waals surface area (Å²) in [6, 6.07) is 0. The Morgan fingerprint density at radius 2 is 1.90 bits per heavy atom. The minimum atomic E-state index is 0.671. The highest BCUT2D eigenvalue weighted by atomic mass is 16.5. The number of rotatable bonds is 6. The van der Waals surface area contributed by atoms with Gasteiger partial charge >= 0.3 is 0 Å². The van der Waals surface area contributed by atoms with Crippen LogP contribution in [-0.4, -0.2) is 27.4 Å². The minimum Gasteiger partial charge on any atom is -0.385 e. The fourth-order valence-electron chi connectivity index (χ4n) is 0.926. The average Bonchev–Trinajstić information content (AvgIpc) is 1.98. The molecule has 0 bridgehead atoms. The van der Waals surface area contributed by atoms with Gasteiger partial charge in [-0.15, -0.1) is 0 Å². The van der Waals surface area contributed by atoms with Gasteiger partial charge in [-0.3, -0.25) is 0 Å². The molecule has 0 heterocycles. The fraction of sp³-hybridized carbons (Fsp3) is 1.00. The lowest BCUT2D eigenvalue weighted by atomic mass is 10.0. The van der Waals surface area contributed by atoms with Crippen LogP contribution in [0.15, 0.2) is 0 Å². The van der Waals surface area contributed by atoms with E-state index in [2.05, 4.69) is 6.92 Å². The van der Waals surface area contributed by atoms with Crippen molar-refractivity contribution in [2.24, 2.45) is 5.92 Å². The summed E-state index contributed by atoms with van der Waals surface area (Å²) in [6.07, 6.45) is 2.29. The number of ether oxygens (including phenoxy) is 2. The van der Waals surface area contributed by atoms with Crippen LogP contribution in [0.25, 0.3) is 0 Å². The van der Waals surface area contributed by atoms with Crippen LogP contribution in [-0.2, 0) is 9.47 Å². The maximum Gasteiger partial charge on any atom is 0.0491 e. The molecule has 0 aromatic heterocycles. The van der Waals surface area contributed by atoms with Gasteiger partial charge in [0.25, 0.3) is 0 Å². The van der Waals surface area contributed by atoms with Crippen molar-refractivity contribution < 1.29 is 9.47 Å². The van der Waals surface area contributed by atoms with E-state index in [9.17, 15) is 0 Å². The van der Waals surface area contributed by atoms with Crippen molar-refractivity contribution >= 4 is 0 Å². The van der Waals surface area contributed by atoms with Gasteiger partial charge in [0, 0.05) is 27.4 Å². The molecule has 0 spiro atoms. The number of hydrogen-bond acceptors (Lipinski definition) is 2. The van der Waals surface area contributed by atoms with Crippen LogP contribution < -0.4 is 0 Å². The van der Waals surface area contributed by atoms with Crippen LogP contribution in [0.2, 0.25) is 0 Å². The zero-order chi connectivity index (χ0) is 7.82. The molecule has 0 radical (unpaired) electrons. The van der Waals surface area contributed by atoms with Gasteiger partial charge in [-0.1, -0.05) is 13.3 Å².